The number of carbonyl (C=O) groups excluding carboxylic acids is 2. The zero-order valence-corrected chi connectivity index (χ0v) is 14.2. The zero-order valence-electron chi connectivity index (χ0n) is 13.4. The van der Waals surface area contributed by atoms with Crippen LogP contribution < -0.4 is 5.32 Å². The van der Waals surface area contributed by atoms with Gasteiger partial charge in [-0.05, 0) is 43.3 Å². The lowest BCUT2D eigenvalue weighted by atomic mass is 9.98. The van der Waals surface area contributed by atoms with Gasteiger partial charge in [0, 0.05) is 20.1 Å². The van der Waals surface area contributed by atoms with Crippen LogP contribution in [0.5, 0.6) is 0 Å². The molecular formula is C16H25N3O2S. The molecule has 6 heteroatoms. The molecule has 5 nitrogen and oxygen atoms in total. The average Bonchev–Trinajstić information content (AvgIpc) is 3.06. The first-order valence-electron chi connectivity index (χ1n) is 7.88. The molecule has 0 aliphatic carbocycles. The molecule has 0 radical (unpaired) electrons. The van der Waals surface area contributed by atoms with Crippen molar-refractivity contribution in [3.05, 3.63) is 22.4 Å². The summed E-state index contributed by atoms with van der Waals surface area (Å²) in [4.78, 5) is 28.6. The van der Waals surface area contributed by atoms with E-state index < -0.39 is 0 Å². The number of nitrogens with one attached hydrogen (secondary N) is 1. The molecule has 1 fully saturated rings. The first kappa shape index (κ1) is 17.0. The maximum Gasteiger partial charge on any atom is 0.264 e. The predicted molar refractivity (Wildman–Crippen MR) is 89.1 cm³/mol. The molecule has 2 heterocycles. The monoisotopic (exact) mass is 323 g/mol. The zero-order chi connectivity index (χ0) is 15.9. The number of hydrogen-bond donors (Lipinski definition) is 1. The van der Waals surface area contributed by atoms with E-state index in [-0.39, 0.29) is 18.4 Å². The fourth-order valence-corrected chi connectivity index (χ4v) is 3.51. The van der Waals surface area contributed by atoms with Crippen molar-refractivity contribution >= 4 is 23.2 Å². The second-order valence-corrected chi connectivity index (χ2v) is 6.79. The maximum atomic E-state index is 12.1. The fourth-order valence-electron chi connectivity index (χ4n) is 2.79. The Balaban J connectivity index is 1.72. The summed E-state index contributed by atoms with van der Waals surface area (Å²) in [5, 5.41) is 4.84. The van der Waals surface area contributed by atoms with Crippen LogP contribution in [0.3, 0.4) is 0 Å². The van der Waals surface area contributed by atoms with Crippen LogP contribution in [0.4, 0.5) is 0 Å². The van der Waals surface area contributed by atoms with Crippen LogP contribution in [0.2, 0.25) is 0 Å². The fraction of sp³-hybridized carbons (Fsp3) is 0.625. The number of amides is 2. The number of hydrogen-bond acceptors (Lipinski definition) is 4. The Kier molecular flexibility index (Phi) is 6.39. The van der Waals surface area contributed by atoms with Crippen molar-refractivity contribution in [2.75, 3.05) is 39.8 Å². The lowest BCUT2D eigenvalue weighted by molar-refractivity contribution is -0.121. The minimum absolute atomic E-state index is 0.0824. The van der Waals surface area contributed by atoms with Gasteiger partial charge in [0.2, 0.25) is 5.91 Å². The van der Waals surface area contributed by atoms with E-state index in [4.69, 9.17) is 0 Å². The van der Waals surface area contributed by atoms with Gasteiger partial charge < -0.3 is 15.1 Å². The van der Waals surface area contributed by atoms with E-state index in [2.05, 4.69) is 17.1 Å². The van der Waals surface area contributed by atoms with Crippen molar-refractivity contribution in [1.29, 1.82) is 0 Å². The molecule has 1 atom stereocenters. The van der Waals surface area contributed by atoms with Crippen LogP contribution in [0, 0.1) is 5.92 Å². The van der Waals surface area contributed by atoms with Crippen LogP contribution in [0.1, 0.15) is 29.4 Å². The molecule has 2 amide bonds. The highest BCUT2D eigenvalue weighted by Gasteiger charge is 2.20. The Bertz CT molecular complexity index is 490. The largest absolute Gasteiger partial charge is 0.354 e. The van der Waals surface area contributed by atoms with Crippen molar-refractivity contribution in [2.24, 2.45) is 5.92 Å². The Morgan fingerprint density at radius 1 is 1.50 bits per heavy atom. The van der Waals surface area contributed by atoms with Crippen LogP contribution in [0.15, 0.2) is 17.5 Å². The molecule has 122 valence electrons. The Labute approximate surface area is 136 Å². The molecule has 1 aromatic heterocycles. The van der Waals surface area contributed by atoms with E-state index in [0.29, 0.717) is 17.3 Å². The second kappa shape index (κ2) is 8.29. The summed E-state index contributed by atoms with van der Waals surface area (Å²) in [6.07, 6.45) is 2.37. The van der Waals surface area contributed by atoms with Gasteiger partial charge in [-0.3, -0.25) is 9.59 Å². The number of likely N-dealkylation sites (N-methyl/N-ethyl adjacent to an activating group) is 1. The maximum absolute atomic E-state index is 12.1. The molecule has 2 rings (SSSR count). The summed E-state index contributed by atoms with van der Waals surface area (Å²) in [7, 11) is 1.67. The molecule has 0 bridgehead atoms. The number of carbonyl (C=O) groups is 2. The summed E-state index contributed by atoms with van der Waals surface area (Å²) in [5.74, 6) is 0.344. The molecule has 0 unspecified atom stereocenters. The average molecular weight is 323 g/mol. The van der Waals surface area contributed by atoms with Gasteiger partial charge >= 0.3 is 0 Å². The molecule has 1 aliphatic heterocycles. The lowest BCUT2D eigenvalue weighted by Gasteiger charge is -2.32. The minimum Gasteiger partial charge on any atom is -0.354 e. The number of piperidine rings is 1. The summed E-state index contributed by atoms with van der Waals surface area (Å²) in [6.45, 7) is 6.28. The summed E-state index contributed by atoms with van der Waals surface area (Å²) in [6, 6.07) is 3.62. The number of nitrogens with zero attached hydrogens (tertiary/aromatic N) is 2. The van der Waals surface area contributed by atoms with Crippen molar-refractivity contribution in [3.8, 4) is 0 Å². The third-order valence-electron chi connectivity index (χ3n) is 4.10. The number of rotatable bonds is 6. The first-order chi connectivity index (χ1) is 10.6. The van der Waals surface area contributed by atoms with Crippen molar-refractivity contribution in [2.45, 2.75) is 19.8 Å². The van der Waals surface area contributed by atoms with Crippen LogP contribution in [-0.2, 0) is 4.79 Å². The SMILES string of the molecule is CCN1CCC[C@@H](CNC(=O)CN(C)C(=O)c2cccs2)C1. The Hall–Kier alpha value is -1.40. The van der Waals surface area contributed by atoms with Gasteiger partial charge in [-0.2, -0.15) is 0 Å². The summed E-state index contributed by atoms with van der Waals surface area (Å²) in [5.41, 5.74) is 0. The quantitative estimate of drug-likeness (QED) is 0.866. The van der Waals surface area contributed by atoms with Crippen molar-refractivity contribution in [3.63, 3.8) is 0 Å². The highest BCUT2D eigenvalue weighted by atomic mass is 32.1. The predicted octanol–water partition coefficient (Wildman–Crippen LogP) is 1.67. The molecule has 1 aliphatic rings. The number of thiophene rings is 1. The van der Waals surface area contributed by atoms with E-state index >= 15 is 0 Å². The minimum atomic E-state index is -0.0972. The summed E-state index contributed by atoms with van der Waals surface area (Å²) >= 11 is 1.40. The van der Waals surface area contributed by atoms with Gasteiger partial charge in [-0.15, -0.1) is 11.3 Å². The molecule has 1 saturated heterocycles. The van der Waals surface area contributed by atoms with Crippen molar-refractivity contribution < 1.29 is 9.59 Å². The topological polar surface area (TPSA) is 52.7 Å². The van der Waals surface area contributed by atoms with E-state index in [1.54, 1.807) is 13.1 Å². The molecule has 1 N–H and O–H groups in total. The van der Waals surface area contributed by atoms with E-state index in [9.17, 15) is 9.59 Å². The van der Waals surface area contributed by atoms with Crippen LogP contribution >= 0.6 is 11.3 Å². The third-order valence-corrected chi connectivity index (χ3v) is 4.96. The van der Waals surface area contributed by atoms with Gasteiger partial charge in [0.05, 0.1) is 11.4 Å². The van der Waals surface area contributed by atoms with E-state index in [0.717, 1.165) is 13.1 Å². The Morgan fingerprint density at radius 3 is 3.00 bits per heavy atom. The smallest absolute Gasteiger partial charge is 0.264 e. The lowest BCUT2D eigenvalue weighted by Crippen LogP contribution is -2.43. The molecule has 0 saturated carbocycles. The highest BCUT2D eigenvalue weighted by Crippen LogP contribution is 2.15. The summed E-state index contributed by atoms with van der Waals surface area (Å²) < 4.78 is 0. The van der Waals surface area contributed by atoms with Gasteiger partial charge in [-0.1, -0.05) is 13.0 Å². The van der Waals surface area contributed by atoms with Gasteiger partial charge in [0.25, 0.3) is 5.91 Å². The van der Waals surface area contributed by atoms with Gasteiger partial charge in [-0.25, -0.2) is 0 Å². The molecular weight excluding hydrogens is 298 g/mol. The second-order valence-electron chi connectivity index (χ2n) is 5.84. The standard InChI is InChI=1S/C16H25N3O2S/c1-3-19-8-4-6-13(11-19)10-17-15(20)12-18(2)16(21)14-7-5-9-22-14/h5,7,9,13H,3-4,6,8,10-12H2,1-2H3,(H,17,20)/t13-/m0/s1. The third kappa shape index (κ3) is 4.81. The van der Waals surface area contributed by atoms with E-state index in [1.165, 1.54) is 35.6 Å². The normalized spacial score (nSPS) is 18.9. The highest BCUT2D eigenvalue weighted by molar-refractivity contribution is 7.12. The van der Waals surface area contributed by atoms with Crippen LogP contribution in [-0.4, -0.2) is 61.4 Å². The molecule has 1 aromatic rings. The number of likely N-dealkylation sites (tertiary alicyclic amines) is 1. The molecule has 0 spiro atoms. The molecule has 0 aromatic carbocycles. The van der Waals surface area contributed by atoms with Gasteiger partial charge in [0.1, 0.15) is 0 Å². The Morgan fingerprint density at radius 2 is 2.32 bits per heavy atom. The molecule has 22 heavy (non-hydrogen) atoms. The van der Waals surface area contributed by atoms with E-state index in [1.807, 2.05) is 11.4 Å². The van der Waals surface area contributed by atoms with Crippen molar-refractivity contribution in [1.82, 2.24) is 15.1 Å². The first-order valence-corrected chi connectivity index (χ1v) is 8.76. The van der Waals surface area contributed by atoms with Crippen LogP contribution in [0.25, 0.3) is 0 Å². The van der Waals surface area contributed by atoms with Gasteiger partial charge in [0.15, 0.2) is 0 Å².